The first kappa shape index (κ1) is 6.92. The molecule has 0 saturated carbocycles. The lowest BCUT2D eigenvalue weighted by atomic mass is 10.1. The number of rotatable bonds is 0. The van der Waals surface area contributed by atoms with Crippen LogP contribution >= 0.6 is 11.8 Å². The minimum atomic E-state index is 0.851. The van der Waals surface area contributed by atoms with Crippen LogP contribution in [-0.4, -0.2) is 5.55 Å². The normalized spacial score (nSPS) is 14.6. The molecule has 1 aliphatic heterocycles. The number of hydrogen-bond donors (Lipinski definition) is 0. The zero-order valence-corrected chi connectivity index (χ0v) is 7.19. The highest BCUT2D eigenvalue weighted by Crippen LogP contribution is 2.28. The zero-order valence-electron chi connectivity index (χ0n) is 6.37. The lowest BCUT2D eigenvalue weighted by Gasteiger charge is -2.11. The highest BCUT2D eigenvalue weighted by molar-refractivity contribution is 8.12. The molecule has 0 aromatic heterocycles. The third kappa shape index (κ3) is 1.18. The molecule has 1 heterocycles. The summed E-state index contributed by atoms with van der Waals surface area (Å²) in [5, 5.41) is 0. The van der Waals surface area contributed by atoms with Gasteiger partial charge in [0.2, 0.25) is 0 Å². The molecular weight excluding hydrogens is 154 g/mol. The molecule has 0 aliphatic carbocycles. The number of aryl methyl sites for hydroxylation is 1. The quantitative estimate of drug-likeness (QED) is 0.572. The second-order valence-electron chi connectivity index (χ2n) is 2.63. The van der Waals surface area contributed by atoms with Gasteiger partial charge in [0, 0.05) is 4.90 Å². The van der Waals surface area contributed by atoms with Crippen LogP contribution in [0.4, 0.5) is 0 Å². The van der Waals surface area contributed by atoms with Crippen molar-refractivity contribution in [2.24, 2.45) is 4.99 Å². The molecular formula is C9H9NS. The molecule has 0 amide bonds. The van der Waals surface area contributed by atoms with Gasteiger partial charge in [-0.15, -0.1) is 0 Å². The van der Waals surface area contributed by atoms with Gasteiger partial charge in [-0.3, -0.25) is 4.99 Å². The van der Waals surface area contributed by atoms with Crippen LogP contribution in [0.2, 0.25) is 0 Å². The number of thioether (sulfide) groups is 1. The summed E-state index contributed by atoms with van der Waals surface area (Å²) < 4.78 is 0. The summed E-state index contributed by atoms with van der Waals surface area (Å²) >= 11 is 1.72. The molecule has 1 aromatic carbocycles. The molecule has 11 heavy (non-hydrogen) atoms. The Labute approximate surface area is 70.5 Å². The lowest BCUT2D eigenvalue weighted by Crippen LogP contribution is -1.93. The summed E-state index contributed by atoms with van der Waals surface area (Å²) in [6, 6.07) is 6.38. The van der Waals surface area contributed by atoms with E-state index in [1.807, 2.05) is 5.55 Å². The van der Waals surface area contributed by atoms with Crippen molar-refractivity contribution >= 4 is 17.3 Å². The van der Waals surface area contributed by atoms with E-state index in [2.05, 4.69) is 30.1 Å². The topological polar surface area (TPSA) is 12.4 Å². The molecule has 1 nitrogen and oxygen atoms in total. The fourth-order valence-electron chi connectivity index (χ4n) is 1.23. The second-order valence-corrected chi connectivity index (χ2v) is 3.48. The Morgan fingerprint density at radius 2 is 2.36 bits per heavy atom. The Kier molecular flexibility index (Phi) is 1.70. The summed E-state index contributed by atoms with van der Waals surface area (Å²) in [5.41, 5.74) is 4.64. The van der Waals surface area contributed by atoms with Crippen LogP contribution in [0.15, 0.2) is 28.1 Å². The number of fused-ring (bicyclic) bond motifs is 1. The van der Waals surface area contributed by atoms with Gasteiger partial charge in [-0.1, -0.05) is 30.0 Å². The number of hydrogen-bond acceptors (Lipinski definition) is 2. The largest absolute Gasteiger partial charge is 0.281 e. The van der Waals surface area contributed by atoms with Gasteiger partial charge >= 0.3 is 0 Å². The minimum absolute atomic E-state index is 0.851. The maximum absolute atomic E-state index is 4.20. The van der Waals surface area contributed by atoms with E-state index >= 15 is 0 Å². The molecule has 2 heteroatoms. The highest BCUT2D eigenvalue weighted by atomic mass is 32.2. The van der Waals surface area contributed by atoms with Gasteiger partial charge in [-0.2, -0.15) is 0 Å². The molecule has 0 radical (unpaired) electrons. The van der Waals surface area contributed by atoms with Crippen LogP contribution in [0.1, 0.15) is 11.1 Å². The van der Waals surface area contributed by atoms with E-state index in [4.69, 9.17) is 0 Å². The number of benzene rings is 1. The van der Waals surface area contributed by atoms with E-state index in [9.17, 15) is 0 Å². The van der Waals surface area contributed by atoms with Crippen molar-refractivity contribution in [2.45, 2.75) is 18.4 Å². The van der Waals surface area contributed by atoms with Crippen molar-refractivity contribution in [3.63, 3.8) is 0 Å². The molecule has 0 spiro atoms. The van der Waals surface area contributed by atoms with E-state index in [0.717, 1.165) is 6.54 Å². The summed E-state index contributed by atoms with van der Waals surface area (Å²) in [6.45, 7) is 3.00. The average Bonchev–Trinajstić information content (AvgIpc) is 2.06. The Hall–Kier alpha value is -0.760. The highest BCUT2D eigenvalue weighted by Gasteiger charge is 2.06. The standard InChI is InChI=1S/C9H9NS/c1-7-3-2-4-8-5-10-6-11-9(7)8/h2-4,6H,5H2,1H3. The van der Waals surface area contributed by atoms with Crippen LogP contribution in [0.5, 0.6) is 0 Å². The van der Waals surface area contributed by atoms with E-state index in [1.165, 1.54) is 16.0 Å². The van der Waals surface area contributed by atoms with Crippen molar-refractivity contribution < 1.29 is 0 Å². The molecule has 0 bridgehead atoms. The van der Waals surface area contributed by atoms with Crippen molar-refractivity contribution in [1.29, 1.82) is 0 Å². The first-order valence-electron chi connectivity index (χ1n) is 3.61. The number of aliphatic imine (C=N–C) groups is 1. The van der Waals surface area contributed by atoms with E-state index < -0.39 is 0 Å². The van der Waals surface area contributed by atoms with E-state index in [-0.39, 0.29) is 0 Å². The first-order valence-corrected chi connectivity index (χ1v) is 4.49. The van der Waals surface area contributed by atoms with Crippen LogP contribution in [0, 0.1) is 6.92 Å². The molecule has 0 atom stereocenters. The molecule has 1 aliphatic rings. The van der Waals surface area contributed by atoms with Gasteiger partial charge in [0.15, 0.2) is 0 Å². The lowest BCUT2D eigenvalue weighted by molar-refractivity contribution is 1.01. The van der Waals surface area contributed by atoms with Crippen LogP contribution in [0.25, 0.3) is 0 Å². The summed E-state index contributed by atoms with van der Waals surface area (Å²) in [5.74, 6) is 0. The SMILES string of the molecule is Cc1cccc2c1SC=NC2. The Morgan fingerprint density at radius 1 is 1.45 bits per heavy atom. The Morgan fingerprint density at radius 3 is 3.18 bits per heavy atom. The molecule has 1 aromatic rings. The summed E-state index contributed by atoms with van der Waals surface area (Å²) in [6.07, 6.45) is 0. The third-order valence-electron chi connectivity index (χ3n) is 1.80. The van der Waals surface area contributed by atoms with E-state index in [1.54, 1.807) is 11.8 Å². The molecule has 0 unspecified atom stereocenters. The first-order chi connectivity index (χ1) is 5.38. The van der Waals surface area contributed by atoms with Gasteiger partial charge < -0.3 is 0 Å². The van der Waals surface area contributed by atoms with Crippen LogP contribution in [-0.2, 0) is 6.54 Å². The van der Waals surface area contributed by atoms with Gasteiger partial charge in [-0.05, 0) is 18.1 Å². The van der Waals surface area contributed by atoms with Crippen LogP contribution in [0.3, 0.4) is 0 Å². The number of nitrogens with zero attached hydrogens (tertiary/aromatic N) is 1. The minimum Gasteiger partial charge on any atom is -0.281 e. The fraction of sp³-hybridized carbons (Fsp3) is 0.222. The van der Waals surface area contributed by atoms with E-state index in [0.29, 0.717) is 0 Å². The Bertz CT molecular complexity index is 304. The van der Waals surface area contributed by atoms with Crippen molar-refractivity contribution in [2.75, 3.05) is 0 Å². The van der Waals surface area contributed by atoms with Crippen molar-refractivity contribution in [1.82, 2.24) is 0 Å². The molecule has 56 valence electrons. The van der Waals surface area contributed by atoms with Crippen LogP contribution < -0.4 is 0 Å². The second kappa shape index (κ2) is 2.70. The van der Waals surface area contributed by atoms with Gasteiger partial charge in [-0.25, -0.2) is 0 Å². The third-order valence-corrected chi connectivity index (χ3v) is 2.87. The van der Waals surface area contributed by atoms with Gasteiger partial charge in [0.25, 0.3) is 0 Å². The smallest absolute Gasteiger partial charge is 0.0657 e. The molecule has 2 rings (SSSR count). The Balaban J connectivity index is 2.54. The maximum Gasteiger partial charge on any atom is 0.0657 e. The van der Waals surface area contributed by atoms with Crippen molar-refractivity contribution in [3.05, 3.63) is 29.3 Å². The molecule has 0 N–H and O–H groups in total. The van der Waals surface area contributed by atoms with Crippen molar-refractivity contribution in [3.8, 4) is 0 Å². The zero-order chi connectivity index (χ0) is 7.68. The predicted octanol–water partition coefficient (Wildman–Crippen LogP) is 2.63. The predicted molar refractivity (Wildman–Crippen MR) is 49.2 cm³/mol. The van der Waals surface area contributed by atoms with Gasteiger partial charge in [0.1, 0.15) is 0 Å². The summed E-state index contributed by atoms with van der Waals surface area (Å²) in [4.78, 5) is 5.59. The summed E-state index contributed by atoms with van der Waals surface area (Å²) in [7, 11) is 0. The molecule has 0 fully saturated rings. The van der Waals surface area contributed by atoms with Gasteiger partial charge in [0.05, 0.1) is 12.1 Å². The fourth-order valence-corrected chi connectivity index (χ4v) is 2.02. The average molecular weight is 163 g/mol. The maximum atomic E-state index is 4.20. The molecule has 0 saturated heterocycles. The monoisotopic (exact) mass is 163 g/mol.